The van der Waals surface area contributed by atoms with Crippen molar-refractivity contribution in [3.8, 4) is 28.0 Å². The first kappa shape index (κ1) is 15.9. The number of benzene rings is 3. The zero-order valence-electron chi connectivity index (χ0n) is 11.8. The number of hydrogen-bond donors (Lipinski definition) is 1. The highest BCUT2D eigenvalue weighted by Crippen LogP contribution is 2.31. The third-order valence-electron chi connectivity index (χ3n) is 3.52. The van der Waals surface area contributed by atoms with Crippen molar-refractivity contribution < 1.29 is 5.11 Å². The Morgan fingerprint density at radius 1 is 0.682 bits per heavy atom. The molecule has 2 unspecified atom stereocenters. The van der Waals surface area contributed by atoms with E-state index in [1.165, 1.54) is 20.0 Å². The van der Waals surface area contributed by atoms with E-state index >= 15 is 0 Å². The summed E-state index contributed by atoms with van der Waals surface area (Å²) in [5, 5.41) is 12.3. The van der Waals surface area contributed by atoms with Crippen LogP contribution in [0.15, 0.2) is 60.7 Å². The Balaban J connectivity index is 1.99. The van der Waals surface area contributed by atoms with Crippen molar-refractivity contribution in [3.05, 3.63) is 64.2 Å². The molecular formula is C18H15IOP2. The summed E-state index contributed by atoms with van der Waals surface area (Å²) < 4.78 is 1.23. The lowest BCUT2D eigenvalue weighted by atomic mass is 10.00. The normalized spacial score (nSPS) is 10.7. The van der Waals surface area contributed by atoms with Gasteiger partial charge in [-0.2, -0.15) is 0 Å². The maximum Gasteiger partial charge on any atom is 0.124 e. The number of halogens is 1. The Hall–Kier alpha value is -0.950. The van der Waals surface area contributed by atoms with Crippen LogP contribution in [-0.2, 0) is 0 Å². The fourth-order valence-electron chi connectivity index (χ4n) is 2.39. The average Bonchev–Trinajstić information content (AvgIpc) is 2.48. The minimum absolute atomic E-state index is 0.308. The molecule has 0 fully saturated rings. The molecule has 0 spiro atoms. The van der Waals surface area contributed by atoms with Gasteiger partial charge in [-0.15, -0.1) is 18.5 Å². The maximum atomic E-state index is 10.1. The average molecular weight is 436 g/mol. The molecule has 0 saturated carbocycles. The fourth-order valence-corrected chi connectivity index (χ4v) is 4.09. The maximum absolute atomic E-state index is 10.1. The van der Waals surface area contributed by atoms with Gasteiger partial charge in [0.2, 0.25) is 0 Å². The Kier molecular flexibility index (Phi) is 4.82. The molecule has 110 valence electrons. The highest BCUT2D eigenvalue weighted by Gasteiger charge is 2.07. The zero-order chi connectivity index (χ0) is 15.7. The molecule has 1 N–H and O–H groups in total. The van der Waals surface area contributed by atoms with Crippen molar-refractivity contribution in [2.45, 2.75) is 0 Å². The highest BCUT2D eigenvalue weighted by molar-refractivity contribution is 14.1. The topological polar surface area (TPSA) is 20.2 Å². The van der Waals surface area contributed by atoms with Gasteiger partial charge in [0.15, 0.2) is 0 Å². The van der Waals surface area contributed by atoms with Gasteiger partial charge in [0.25, 0.3) is 0 Å². The zero-order valence-corrected chi connectivity index (χ0v) is 16.2. The first-order valence-corrected chi connectivity index (χ1v) is 9.02. The van der Waals surface area contributed by atoms with E-state index in [1.807, 2.05) is 12.1 Å². The van der Waals surface area contributed by atoms with Gasteiger partial charge in [-0.3, -0.25) is 0 Å². The van der Waals surface area contributed by atoms with E-state index in [4.69, 9.17) is 0 Å². The predicted octanol–water partition coefficient (Wildman–Crippen LogP) is 4.33. The third-order valence-corrected chi connectivity index (χ3v) is 5.13. The molecule has 22 heavy (non-hydrogen) atoms. The van der Waals surface area contributed by atoms with Crippen molar-refractivity contribution in [3.63, 3.8) is 0 Å². The molecule has 0 saturated heterocycles. The summed E-state index contributed by atoms with van der Waals surface area (Å²) in [4.78, 5) is 0. The van der Waals surface area contributed by atoms with Crippen molar-refractivity contribution >= 4 is 51.7 Å². The molecule has 2 atom stereocenters. The molecule has 0 radical (unpaired) electrons. The summed E-state index contributed by atoms with van der Waals surface area (Å²) >= 11 is 2.36. The van der Waals surface area contributed by atoms with E-state index in [0.717, 1.165) is 16.4 Å². The van der Waals surface area contributed by atoms with E-state index in [1.54, 1.807) is 6.07 Å². The van der Waals surface area contributed by atoms with Crippen LogP contribution in [0.5, 0.6) is 5.75 Å². The monoisotopic (exact) mass is 436 g/mol. The van der Waals surface area contributed by atoms with Crippen LogP contribution in [-0.4, -0.2) is 5.11 Å². The number of rotatable bonds is 2. The number of phenolic OH excluding ortho intramolecular Hbond substituents is 1. The lowest BCUT2D eigenvalue weighted by Crippen LogP contribution is -1.93. The van der Waals surface area contributed by atoms with Crippen LogP contribution in [0.25, 0.3) is 22.3 Å². The molecule has 0 aliphatic carbocycles. The van der Waals surface area contributed by atoms with Crippen molar-refractivity contribution in [1.82, 2.24) is 0 Å². The third kappa shape index (κ3) is 3.35. The Bertz CT molecular complexity index is 758. The Labute approximate surface area is 148 Å². The van der Waals surface area contributed by atoms with E-state index in [-0.39, 0.29) is 0 Å². The van der Waals surface area contributed by atoms with E-state index < -0.39 is 0 Å². The molecule has 3 aromatic carbocycles. The van der Waals surface area contributed by atoms with E-state index in [2.05, 4.69) is 83.5 Å². The summed E-state index contributed by atoms with van der Waals surface area (Å²) in [5.41, 5.74) is 4.28. The summed E-state index contributed by atoms with van der Waals surface area (Å²) in [7, 11) is 5.31. The van der Waals surface area contributed by atoms with Crippen LogP contribution >= 0.6 is 41.1 Å². The van der Waals surface area contributed by atoms with Gasteiger partial charge in [-0.1, -0.05) is 48.5 Å². The fraction of sp³-hybridized carbons (Fsp3) is 0. The lowest BCUT2D eigenvalue weighted by molar-refractivity contribution is 0.478. The summed E-state index contributed by atoms with van der Waals surface area (Å²) in [6.07, 6.45) is 0. The molecule has 0 heterocycles. The van der Waals surface area contributed by atoms with E-state index in [9.17, 15) is 5.11 Å². The predicted molar refractivity (Wildman–Crippen MR) is 110 cm³/mol. The molecule has 0 bridgehead atoms. The largest absolute Gasteiger partial charge is 0.507 e. The minimum atomic E-state index is 0.308. The number of phenols is 1. The number of aromatic hydroxyl groups is 1. The van der Waals surface area contributed by atoms with Gasteiger partial charge >= 0.3 is 0 Å². The van der Waals surface area contributed by atoms with Crippen LogP contribution in [0.3, 0.4) is 0 Å². The minimum Gasteiger partial charge on any atom is -0.507 e. The molecule has 3 aromatic rings. The second-order valence-electron chi connectivity index (χ2n) is 5.09. The lowest BCUT2D eigenvalue weighted by Gasteiger charge is -2.09. The Morgan fingerprint density at radius 2 is 1.18 bits per heavy atom. The molecule has 0 aliphatic heterocycles. The van der Waals surface area contributed by atoms with E-state index in [0.29, 0.717) is 5.75 Å². The van der Waals surface area contributed by atoms with Crippen LogP contribution in [0.4, 0.5) is 0 Å². The second-order valence-corrected chi connectivity index (χ2v) is 7.59. The standard InChI is InChI=1S/C18H15IOP2/c19-17-9-13(21)5-7-15(17)11-1-3-12(4-2-11)16-8-6-14(22)10-18(16)20/h1-10,20H,21-22H2. The first-order valence-electron chi connectivity index (χ1n) is 6.79. The molecule has 0 amide bonds. The highest BCUT2D eigenvalue weighted by atomic mass is 127. The molecule has 0 aliphatic rings. The van der Waals surface area contributed by atoms with Gasteiger partial charge in [-0.25, -0.2) is 0 Å². The van der Waals surface area contributed by atoms with Crippen LogP contribution in [0, 0.1) is 3.57 Å². The molecule has 0 aromatic heterocycles. The summed E-state index contributed by atoms with van der Waals surface area (Å²) in [6, 6.07) is 20.4. The van der Waals surface area contributed by atoms with Crippen LogP contribution in [0.2, 0.25) is 0 Å². The van der Waals surface area contributed by atoms with Gasteiger partial charge < -0.3 is 5.11 Å². The van der Waals surface area contributed by atoms with Crippen LogP contribution in [0.1, 0.15) is 0 Å². The molecule has 4 heteroatoms. The second kappa shape index (κ2) is 6.66. The number of hydrogen-bond acceptors (Lipinski definition) is 1. The van der Waals surface area contributed by atoms with Crippen molar-refractivity contribution in [2.75, 3.05) is 0 Å². The van der Waals surface area contributed by atoms with Crippen molar-refractivity contribution in [2.24, 2.45) is 0 Å². The van der Waals surface area contributed by atoms with Gasteiger partial charge in [-0.05, 0) is 62.0 Å². The molecular weight excluding hydrogens is 421 g/mol. The first-order chi connectivity index (χ1) is 10.5. The smallest absolute Gasteiger partial charge is 0.124 e. The Morgan fingerprint density at radius 3 is 1.73 bits per heavy atom. The summed E-state index contributed by atoms with van der Waals surface area (Å²) in [5.74, 6) is 0.308. The molecule has 1 nitrogen and oxygen atoms in total. The molecule has 3 rings (SSSR count). The van der Waals surface area contributed by atoms with Crippen LogP contribution < -0.4 is 10.6 Å². The quantitative estimate of drug-likeness (QED) is 0.469. The van der Waals surface area contributed by atoms with Gasteiger partial charge in [0.1, 0.15) is 5.75 Å². The van der Waals surface area contributed by atoms with Gasteiger partial charge in [0.05, 0.1) is 0 Å². The van der Waals surface area contributed by atoms with Gasteiger partial charge in [0, 0.05) is 9.13 Å². The SMILES string of the molecule is Oc1cc(P)ccc1-c1ccc(-c2ccc(P)cc2I)cc1. The summed E-state index contributed by atoms with van der Waals surface area (Å²) in [6.45, 7) is 0. The van der Waals surface area contributed by atoms with Crippen molar-refractivity contribution in [1.29, 1.82) is 0 Å².